The molecule has 7 nitrogen and oxygen atoms in total. The molecule has 29 heavy (non-hydrogen) atoms. The van der Waals surface area contributed by atoms with Gasteiger partial charge in [-0.25, -0.2) is 14.6 Å². The fourth-order valence-electron chi connectivity index (χ4n) is 3.37. The zero-order valence-corrected chi connectivity index (χ0v) is 17.6. The van der Waals surface area contributed by atoms with Crippen molar-refractivity contribution in [3.8, 4) is 11.4 Å². The third-order valence-electron chi connectivity index (χ3n) is 4.88. The van der Waals surface area contributed by atoms with Crippen LogP contribution in [0.15, 0.2) is 55.4 Å². The number of hydrogen-bond donors (Lipinski definition) is 0. The van der Waals surface area contributed by atoms with Crippen molar-refractivity contribution in [2.75, 3.05) is 31.1 Å². The predicted molar refractivity (Wildman–Crippen MR) is 118 cm³/mol. The normalized spacial score (nSPS) is 14.9. The lowest BCUT2D eigenvalue weighted by Crippen LogP contribution is -2.47. The fourth-order valence-corrected chi connectivity index (χ4v) is 3.76. The van der Waals surface area contributed by atoms with Gasteiger partial charge in [0.05, 0.1) is 6.67 Å². The molecule has 0 aliphatic carbocycles. The Balaban J connectivity index is 1.51. The summed E-state index contributed by atoms with van der Waals surface area (Å²) in [7, 11) is 0. The molecule has 0 saturated carbocycles. The standard InChI is InChI=1S/C20H22ClN7S/c1-2-10-27-18(16-4-6-17(21)7-5-16)24-28(20(27)29)15-25-11-13-26(14-12-25)19-22-8-3-9-23-19/h2-9H,1,10-15H2. The molecule has 1 aliphatic rings. The molecule has 1 aliphatic heterocycles. The average Bonchev–Trinajstić information content (AvgIpc) is 3.06. The molecule has 1 aromatic carbocycles. The van der Waals surface area contributed by atoms with E-state index >= 15 is 0 Å². The smallest absolute Gasteiger partial charge is 0.225 e. The maximum atomic E-state index is 6.03. The van der Waals surface area contributed by atoms with Gasteiger partial charge in [0.1, 0.15) is 0 Å². The minimum atomic E-state index is 0.607. The zero-order chi connectivity index (χ0) is 20.2. The lowest BCUT2D eigenvalue weighted by atomic mass is 10.2. The minimum absolute atomic E-state index is 0.607. The van der Waals surface area contributed by atoms with Crippen molar-refractivity contribution < 1.29 is 0 Å². The van der Waals surface area contributed by atoms with Crippen LogP contribution in [0.1, 0.15) is 0 Å². The van der Waals surface area contributed by atoms with E-state index in [0.717, 1.165) is 43.5 Å². The van der Waals surface area contributed by atoms with E-state index in [0.29, 0.717) is 23.0 Å². The fraction of sp³-hybridized carbons (Fsp3) is 0.300. The number of piperazine rings is 1. The molecule has 3 aromatic rings. The van der Waals surface area contributed by atoms with Crippen LogP contribution in [-0.4, -0.2) is 55.4 Å². The van der Waals surface area contributed by atoms with Gasteiger partial charge in [-0.05, 0) is 42.5 Å². The number of benzene rings is 1. The number of aromatic nitrogens is 5. The van der Waals surface area contributed by atoms with Crippen LogP contribution in [-0.2, 0) is 13.2 Å². The van der Waals surface area contributed by atoms with Crippen LogP contribution in [0.2, 0.25) is 5.02 Å². The van der Waals surface area contributed by atoms with E-state index in [1.807, 2.05) is 45.7 Å². The Hall–Kier alpha value is -2.55. The van der Waals surface area contributed by atoms with E-state index < -0.39 is 0 Å². The molecule has 9 heteroatoms. The SMILES string of the molecule is C=CCn1c(-c2ccc(Cl)cc2)nn(CN2CCN(c3ncccn3)CC2)c1=S. The van der Waals surface area contributed by atoms with E-state index in [1.165, 1.54) is 0 Å². The van der Waals surface area contributed by atoms with Gasteiger partial charge in [-0.2, -0.15) is 5.10 Å². The highest BCUT2D eigenvalue weighted by Crippen LogP contribution is 2.21. The Bertz CT molecular complexity index is 1020. The van der Waals surface area contributed by atoms with Gasteiger partial charge >= 0.3 is 0 Å². The number of hydrogen-bond acceptors (Lipinski definition) is 6. The topological polar surface area (TPSA) is 55.0 Å². The third-order valence-corrected chi connectivity index (χ3v) is 5.56. The van der Waals surface area contributed by atoms with Gasteiger partial charge in [0.25, 0.3) is 0 Å². The van der Waals surface area contributed by atoms with Gasteiger partial charge in [-0.15, -0.1) is 6.58 Å². The van der Waals surface area contributed by atoms with Crippen LogP contribution >= 0.6 is 23.8 Å². The number of halogens is 1. The zero-order valence-electron chi connectivity index (χ0n) is 16.0. The molecule has 1 fully saturated rings. The first-order valence-corrected chi connectivity index (χ1v) is 10.2. The van der Waals surface area contributed by atoms with Crippen molar-refractivity contribution in [2.45, 2.75) is 13.2 Å². The van der Waals surface area contributed by atoms with E-state index in [9.17, 15) is 0 Å². The van der Waals surface area contributed by atoms with E-state index in [2.05, 4.69) is 26.3 Å². The van der Waals surface area contributed by atoms with E-state index in [-0.39, 0.29) is 0 Å². The summed E-state index contributed by atoms with van der Waals surface area (Å²) in [6.07, 6.45) is 5.39. The van der Waals surface area contributed by atoms with Crippen LogP contribution in [0.25, 0.3) is 11.4 Å². The molecule has 0 unspecified atom stereocenters. The highest BCUT2D eigenvalue weighted by Gasteiger charge is 2.20. The molecular weight excluding hydrogens is 406 g/mol. The number of allylic oxidation sites excluding steroid dienone is 1. The molecule has 0 N–H and O–H groups in total. The summed E-state index contributed by atoms with van der Waals surface area (Å²) in [6.45, 7) is 8.63. The van der Waals surface area contributed by atoms with Crippen molar-refractivity contribution in [1.82, 2.24) is 29.2 Å². The molecular formula is C20H22ClN7S. The number of rotatable bonds is 6. The molecule has 3 heterocycles. The van der Waals surface area contributed by atoms with Crippen molar-refractivity contribution in [2.24, 2.45) is 0 Å². The van der Waals surface area contributed by atoms with Crippen molar-refractivity contribution in [3.05, 3.63) is 65.2 Å². The Morgan fingerprint density at radius 1 is 1.07 bits per heavy atom. The molecule has 2 aromatic heterocycles. The van der Waals surface area contributed by atoms with Gasteiger partial charge in [-0.1, -0.05) is 17.7 Å². The van der Waals surface area contributed by atoms with Gasteiger partial charge in [0, 0.05) is 55.7 Å². The van der Waals surface area contributed by atoms with Gasteiger partial charge in [0.15, 0.2) is 10.6 Å². The lowest BCUT2D eigenvalue weighted by molar-refractivity contribution is 0.193. The second kappa shape index (κ2) is 8.86. The van der Waals surface area contributed by atoms with Gasteiger partial charge in [0.2, 0.25) is 5.95 Å². The van der Waals surface area contributed by atoms with Crippen molar-refractivity contribution in [1.29, 1.82) is 0 Å². The van der Waals surface area contributed by atoms with Crippen LogP contribution in [0, 0.1) is 4.77 Å². The van der Waals surface area contributed by atoms with Crippen LogP contribution in [0.3, 0.4) is 0 Å². The highest BCUT2D eigenvalue weighted by molar-refractivity contribution is 7.71. The molecule has 150 valence electrons. The number of anilines is 1. The largest absolute Gasteiger partial charge is 0.338 e. The first-order chi connectivity index (χ1) is 14.2. The van der Waals surface area contributed by atoms with Crippen LogP contribution in [0.4, 0.5) is 5.95 Å². The molecule has 0 atom stereocenters. The summed E-state index contributed by atoms with van der Waals surface area (Å²) >= 11 is 11.7. The van der Waals surface area contributed by atoms with E-state index in [1.54, 1.807) is 12.4 Å². The first-order valence-electron chi connectivity index (χ1n) is 9.44. The maximum Gasteiger partial charge on any atom is 0.225 e. The van der Waals surface area contributed by atoms with Crippen LogP contribution in [0.5, 0.6) is 0 Å². The summed E-state index contributed by atoms with van der Waals surface area (Å²) < 4.78 is 4.57. The second-order valence-corrected chi connectivity index (χ2v) is 7.61. The molecule has 0 spiro atoms. The number of nitrogens with zero attached hydrogens (tertiary/aromatic N) is 7. The molecule has 4 rings (SSSR count). The third kappa shape index (κ3) is 4.39. The van der Waals surface area contributed by atoms with Crippen molar-refractivity contribution in [3.63, 3.8) is 0 Å². The van der Waals surface area contributed by atoms with Gasteiger partial charge < -0.3 is 4.90 Å². The lowest BCUT2D eigenvalue weighted by Gasteiger charge is -2.34. The average molecular weight is 428 g/mol. The summed E-state index contributed by atoms with van der Waals surface area (Å²) in [5.41, 5.74) is 0.979. The summed E-state index contributed by atoms with van der Waals surface area (Å²) in [5, 5.41) is 5.50. The Morgan fingerprint density at radius 3 is 2.41 bits per heavy atom. The minimum Gasteiger partial charge on any atom is -0.338 e. The quantitative estimate of drug-likeness (QED) is 0.443. The van der Waals surface area contributed by atoms with Crippen LogP contribution < -0.4 is 4.90 Å². The monoisotopic (exact) mass is 427 g/mol. The van der Waals surface area contributed by atoms with Crippen molar-refractivity contribution >= 4 is 29.8 Å². The summed E-state index contributed by atoms with van der Waals surface area (Å²) in [6, 6.07) is 9.48. The molecule has 0 bridgehead atoms. The predicted octanol–water partition coefficient (Wildman–Crippen LogP) is 3.49. The maximum absolute atomic E-state index is 6.03. The molecule has 0 radical (unpaired) electrons. The first kappa shape index (κ1) is 19.8. The molecule has 0 amide bonds. The second-order valence-electron chi connectivity index (χ2n) is 6.81. The molecule has 1 saturated heterocycles. The Kier molecular flexibility index (Phi) is 6.03. The Labute approximate surface area is 179 Å². The van der Waals surface area contributed by atoms with E-state index in [4.69, 9.17) is 28.9 Å². The highest BCUT2D eigenvalue weighted by atomic mass is 35.5. The van der Waals surface area contributed by atoms with Gasteiger partial charge in [-0.3, -0.25) is 9.47 Å². The Morgan fingerprint density at radius 2 is 1.76 bits per heavy atom. The summed E-state index contributed by atoms with van der Waals surface area (Å²) in [4.78, 5) is 13.2. The summed E-state index contributed by atoms with van der Waals surface area (Å²) in [5.74, 6) is 1.60.